The SMILES string of the molecule is COc1ccc(-c2nc3cc(N)ccc3s2)c(OC)c1. The van der Waals surface area contributed by atoms with Crippen molar-refractivity contribution < 1.29 is 9.47 Å². The number of hydrogen-bond acceptors (Lipinski definition) is 5. The minimum absolute atomic E-state index is 0.719. The number of fused-ring (bicyclic) bond motifs is 1. The maximum absolute atomic E-state index is 5.79. The van der Waals surface area contributed by atoms with E-state index in [1.165, 1.54) is 0 Å². The van der Waals surface area contributed by atoms with Crippen LogP contribution in [-0.4, -0.2) is 19.2 Å². The number of rotatable bonds is 3. The van der Waals surface area contributed by atoms with E-state index in [1.807, 2.05) is 36.4 Å². The summed E-state index contributed by atoms with van der Waals surface area (Å²) in [4.78, 5) is 4.63. The van der Waals surface area contributed by atoms with E-state index in [0.29, 0.717) is 0 Å². The molecular weight excluding hydrogens is 272 g/mol. The van der Waals surface area contributed by atoms with Crippen molar-refractivity contribution in [2.75, 3.05) is 20.0 Å². The van der Waals surface area contributed by atoms with E-state index in [2.05, 4.69) is 4.98 Å². The van der Waals surface area contributed by atoms with E-state index in [9.17, 15) is 0 Å². The molecule has 0 aliphatic carbocycles. The molecule has 0 unspecified atom stereocenters. The first-order valence-electron chi connectivity index (χ1n) is 6.09. The van der Waals surface area contributed by atoms with Crippen LogP contribution in [0.15, 0.2) is 36.4 Å². The van der Waals surface area contributed by atoms with Gasteiger partial charge in [0.25, 0.3) is 0 Å². The molecule has 0 aliphatic heterocycles. The van der Waals surface area contributed by atoms with E-state index in [0.717, 1.165) is 38.0 Å². The highest BCUT2D eigenvalue weighted by Crippen LogP contribution is 2.37. The average Bonchev–Trinajstić information content (AvgIpc) is 2.89. The van der Waals surface area contributed by atoms with Gasteiger partial charge in [-0.1, -0.05) is 0 Å². The molecule has 1 aromatic heterocycles. The molecule has 3 aromatic rings. The molecule has 0 spiro atoms. The molecule has 0 saturated carbocycles. The largest absolute Gasteiger partial charge is 0.497 e. The summed E-state index contributed by atoms with van der Waals surface area (Å²) in [5.41, 5.74) is 8.37. The zero-order valence-corrected chi connectivity index (χ0v) is 12.0. The molecule has 4 nitrogen and oxygen atoms in total. The number of thiazole rings is 1. The summed E-state index contributed by atoms with van der Waals surface area (Å²) in [5.74, 6) is 1.51. The molecule has 0 atom stereocenters. The van der Waals surface area contributed by atoms with Crippen molar-refractivity contribution in [1.29, 1.82) is 0 Å². The number of benzene rings is 2. The summed E-state index contributed by atoms with van der Waals surface area (Å²) >= 11 is 1.61. The third-order valence-corrected chi connectivity index (χ3v) is 4.12. The molecule has 0 fully saturated rings. The van der Waals surface area contributed by atoms with Crippen LogP contribution in [0.1, 0.15) is 0 Å². The third-order valence-electron chi connectivity index (χ3n) is 3.05. The molecule has 0 amide bonds. The second-order valence-corrected chi connectivity index (χ2v) is 5.34. The molecule has 102 valence electrons. The Morgan fingerprint density at radius 1 is 1.05 bits per heavy atom. The molecule has 3 rings (SSSR count). The van der Waals surface area contributed by atoms with E-state index in [1.54, 1.807) is 25.6 Å². The molecule has 5 heteroatoms. The Morgan fingerprint density at radius 2 is 1.90 bits per heavy atom. The lowest BCUT2D eigenvalue weighted by Gasteiger charge is -2.07. The molecule has 0 bridgehead atoms. The number of hydrogen-bond donors (Lipinski definition) is 1. The summed E-state index contributed by atoms with van der Waals surface area (Å²) in [6, 6.07) is 11.5. The van der Waals surface area contributed by atoms with Gasteiger partial charge in [-0.05, 0) is 30.3 Å². The highest BCUT2D eigenvalue weighted by molar-refractivity contribution is 7.21. The monoisotopic (exact) mass is 286 g/mol. The maximum atomic E-state index is 5.79. The molecular formula is C15H14N2O2S. The van der Waals surface area contributed by atoms with Gasteiger partial charge in [0.15, 0.2) is 0 Å². The Morgan fingerprint density at radius 3 is 2.65 bits per heavy atom. The fourth-order valence-corrected chi connectivity index (χ4v) is 3.01. The topological polar surface area (TPSA) is 57.4 Å². The fraction of sp³-hybridized carbons (Fsp3) is 0.133. The molecule has 20 heavy (non-hydrogen) atoms. The summed E-state index contributed by atoms with van der Waals surface area (Å²) in [5, 5.41) is 0.908. The predicted octanol–water partition coefficient (Wildman–Crippen LogP) is 3.56. The molecule has 0 saturated heterocycles. The summed E-state index contributed by atoms with van der Waals surface area (Å²) in [7, 11) is 3.28. The number of methoxy groups -OCH3 is 2. The Hall–Kier alpha value is -2.27. The Bertz CT molecular complexity index is 768. The quantitative estimate of drug-likeness (QED) is 0.748. The lowest BCUT2D eigenvalue weighted by molar-refractivity contribution is 0.395. The van der Waals surface area contributed by atoms with Crippen molar-refractivity contribution in [3.05, 3.63) is 36.4 Å². The van der Waals surface area contributed by atoms with Crippen molar-refractivity contribution in [2.24, 2.45) is 0 Å². The summed E-state index contributed by atoms with van der Waals surface area (Å²) in [6.07, 6.45) is 0. The second kappa shape index (κ2) is 5.02. The van der Waals surface area contributed by atoms with Crippen LogP contribution in [0.5, 0.6) is 11.5 Å². The number of nitrogens with zero attached hydrogens (tertiary/aromatic N) is 1. The standard InChI is InChI=1S/C15H14N2O2S/c1-18-10-4-5-11(13(8-10)19-2)15-17-12-7-9(16)3-6-14(12)20-15/h3-8H,16H2,1-2H3. The van der Waals surface area contributed by atoms with Crippen molar-refractivity contribution >= 4 is 27.2 Å². The summed E-state index contributed by atoms with van der Waals surface area (Å²) in [6.45, 7) is 0. The highest BCUT2D eigenvalue weighted by atomic mass is 32.1. The van der Waals surface area contributed by atoms with Gasteiger partial charge in [0.05, 0.1) is 30.0 Å². The Labute approximate surface area is 120 Å². The van der Waals surface area contributed by atoms with Crippen LogP contribution in [0.25, 0.3) is 20.8 Å². The van der Waals surface area contributed by atoms with Crippen LogP contribution in [0.2, 0.25) is 0 Å². The van der Waals surface area contributed by atoms with Gasteiger partial charge >= 0.3 is 0 Å². The molecule has 1 heterocycles. The minimum Gasteiger partial charge on any atom is -0.497 e. The third kappa shape index (κ3) is 2.16. The molecule has 2 N–H and O–H groups in total. The number of aromatic nitrogens is 1. The first kappa shape index (κ1) is 12.7. The summed E-state index contributed by atoms with van der Waals surface area (Å²) < 4.78 is 11.7. The Kier molecular flexibility index (Phi) is 3.20. The lowest BCUT2D eigenvalue weighted by Crippen LogP contribution is -1.90. The number of nitrogen functional groups attached to an aromatic ring is 1. The molecule has 0 aliphatic rings. The second-order valence-electron chi connectivity index (χ2n) is 4.31. The van der Waals surface area contributed by atoms with Gasteiger partial charge in [-0.25, -0.2) is 4.98 Å². The van der Waals surface area contributed by atoms with Crippen molar-refractivity contribution in [3.63, 3.8) is 0 Å². The van der Waals surface area contributed by atoms with Crippen LogP contribution in [-0.2, 0) is 0 Å². The Balaban J connectivity index is 2.14. The molecule has 0 radical (unpaired) electrons. The van der Waals surface area contributed by atoms with Gasteiger partial charge in [-0.2, -0.15) is 0 Å². The van der Waals surface area contributed by atoms with Gasteiger partial charge < -0.3 is 15.2 Å². The van der Waals surface area contributed by atoms with Crippen molar-refractivity contribution in [1.82, 2.24) is 4.98 Å². The van der Waals surface area contributed by atoms with Crippen LogP contribution in [0.4, 0.5) is 5.69 Å². The van der Waals surface area contributed by atoms with Gasteiger partial charge in [0.1, 0.15) is 16.5 Å². The average molecular weight is 286 g/mol. The van der Waals surface area contributed by atoms with Crippen LogP contribution in [0.3, 0.4) is 0 Å². The van der Waals surface area contributed by atoms with Gasteiger partial charge in [-0.15, -0.1) is 11.3 Å². The first-order valence-corrected chi connectivity index (χ1v) is 6.91. The van der Waals surface area contributed by atoms with Crippen LogP contribution >= 0.6 is 11.3 Å². The first-order chi connectivity index (χ1) is 9.71. The smallest absolute Gasteiger partial charge is 0.132 e. The number of nitrogens with two attached hydrogens (primary N) is 1. The van der Waals surface area contributed by atoms with Crippen molar-refractivity contribution in [3.8, 4) is 22.1 Å². The van der Waals surface area contributed by atoms with E-state index < -0.39 is 0 Å². The van der Waals surface area contributed by atoms with Gasteiger partial charge in [0, 0.05) is 11.8 Å². The number of anilines is 1. The van der Waals surface area contributed by atoms with Crippen LogP contribution in [0, 0.1) is 0 Å². The normalized spacial score (nSPS) is 10.7. The lowest BCUT2D eigenvalue weighted by atomic mass is 10.2. The maximum Gasteiger partial charge on any atom is 0.132 e. The van der Waals surface area contributed by atoms with Crippen molar-refractivity contribution in [2.45, 2.75) is 0 Å². The van der Waals surface area contributed by atoms with Gasteiger partial charge in [0.2, 0.25) is 0 Å². The minimum atomic E-state index is 0.719. The zero-order valence-electron chi connectivity index (χ0n) is 11.2. The number of ether oxygens (including phenoxy) is 2. The van der Waals surface area contributed by atoms with E-state index in [4.69, 9.17) is 15.2 Å². The predicted molar refractivity (Wildman–Crippen MR) is 82.6 cm³/mol. The van der Waals surface area contributed by atoms with E-state index >= 15 is 0 Å². The molecule has 2 aromatic carbocycles. The van der Waals surface area contributed by atoms with Gasteiger partial charge in [-0.3, -0.25) is 0 Å². The highest BCUT2D eigenvalue weighted by Gasteiger charge is 2.12. The van der Waals surface area contributed by atoms with E-state index in [-0.39, 0.29) is 0 Å². The fourth-order valence-electron chi connectivity index (χ4n) is 2.03. The van der Waals surface area contributed by atoms with Crippen LogP contribution < -0.4 is 15.2 Å². The zero-order chi connectivity index (χ0) is 14.1.